The van der Waals surface area contributed by atoms with Gasteiger partial charge in [0.1, 0.15) is 0 Å². The van der Waals surface area contributed by atoms with Crippen LogP contribution in [0.15, 0.2) is 206 Å². The lowest BCUT2D eigenvalue weighted by Gasteiger charge is -2.16. The smallest absolute Gasteiger partial charge is 0.0788 e. The first-order chi connectivity index (χ1) is 28.3. The first-order valence-electron chi connectivity index (χ1n) is 19.5. The zero-order valence-electron chi connectivity index (χ0n) is 30.9. The van der Waals surface area contributed by atoms with Crippen LogP contribution in [0, 0.1) is 0 Å². The van der Waals surface area contributed by atoms with Crippen LogP contribution in [0.5, 0.6) is 0 Å². The maximum Gasteiger partial charge on any atom is 0.0788 e. The van der Waals surface area contributed by atoms with Gasteiger partial charge in [0.05, 0.1) is 50.2 Å². The molecule has 0 N–H and O–H groups in total. The molecule has 0 bridgehead atoms. The Kier molecular flexibility index (Phi) is 6.89. The Labute approximate surface area is 328 Å². The number of para-hydroxylation sites is 5. The van der Waals surface area contributed by atoms with E-state index in [-0.39, 0.29) is 0 Å². The maximum absolute atomic E-state index is 5.43. The van der Waals surface area contributed by atoms with E-state index in [0.29, 0.717) is 0 Å². The van der Waals surface area contributed by atoms with Crippen LogP contribution < -0.4 is 0 Å². The van der Waals surface area contributed by atoms with Gasteiger partial charge in [-0.15, -0.1) is 0 Å². The Balaban J connectivity index is 1.17. The fourth-order valence-electron chi connectivity index (χ4n) is 9.17. The van der Waals surface area contributed by atoms with E-state index in [4.69, 9.17) is 4.98 Å². The lowest BCUT2D eigenvalue weighted by Crippen LogP contribution is -2.01. The van der Waals surface area contributed by atoms with E-state index in [2.05, 4.69) is 220 Å². The van der Waals surface area contributed by atoms with Crippen molar-refractivity contribution in [2.24, 2.45) is 0 Å². The lowest BCUT2D eigenvalue weighted by molar-refractivity contribution is 1.14. The summed E-state index contributed by atoms with van der Waals surface area (Å²) in [7, 11) is 0. The van der Waals surface area contributed by atoms with Crippen molar-refractivity contribution in [2.75, 3.05) is 0 Å². The molecular formula is C53H34N4. The minimum atomic E-state index is 0.913. The molecule has 0 aliphatic rings. The van der Waals surface area contributed by atoms with Gasteiger partial charge in [-0.3, -0.25) is 0 Å². The largest absolute Gasteiger partial charge is 0.309 e. The fourth-order valence-corrected chi connectivity index (χ4v) is 9.17. The molecule has 0 saturated heterocycles. The van der Waals surface area contributed by atoms with Gasteiger partial charge in [-0.05, 0) is 60.7 Å². The lowest BCUT2D eigenvalue weighted by atomic mass is 10.1. The summed E-state index contributed by atoms with van der Waals surface area (Å²) in [6.45, 7) is 0. The molecule has 4 heterocycles. The molecule has 8 aromatic carbocycles. The van der Waals surface area contributed by atoms with Crippen LogP contribution >= 0.6 is 0 Å². The fraction of sp³-hybridized carbons (Fsp3) is 0. The Morgan fingerprint density at radius 2 is 0.667 bits per heavy atom. The second kappa shape index (κ2) is 12.4. The van der Waals surface area contributed by atoms with E-state index in [9.17, 15) is 0 Å². The number of hydrogen-bond acceptors (Lipinski definition) is 1. The van der Waals surface area contributed by atoms with Crippen LogP contribution in [-0.2, 0) is 0 Å². The molecule has 0 unspecified atom stereocenters. The van der Waals surface area contributed by atoms with Gasteiger partial charge in [-0.2, -0.15) is 0 Å². The van der Waals surface area contributed by atoms with E-state index in [1.54, 1.807) is 0 Å². The van der Waals surface area contributed by atoms with Crippen molar-refractivity contribution >= 4 is 65.4 Å². The molecule has 4 heteroatoms. The molecule has 0 aliphatic carbocycles. The molecular weight excluding hydrogens is 693 g/mol. The summed E-state index contributed by atoms with van der Waals surface area (Å²) in [5, 5.41) is 7.38. The molecule has 57 heavy (non-hydrogen) atoms. The SMILES string of the molecule is c1ccc(-c2cc(-n3c4ccccc4c4ccc5c6ccccc6n(-c6ccccc6)c5c43)cc(-c3cccc(-n4c5ccccc5c5ccccc54)c3)n2)cc1. The van der Waals surface area contributed by atoms with Crippen molar-refractivity contribution in [1.29, 1.82) is 0 Å². The highest BCUT2D eigenvalue weighted by atomic mass is 15.0. The van der Waals surface area contributed by atoms with Gasteiger partial charge in [0, 0.05) is 54.8 Å². The van der Waals surface area contributed by atoms with Crippen LogP contribution in [0.25, 0.3) is 105 Å². The van der Waals surface area contributed by atoms with Gasteiger partial charge < -0.3 is 13.7 Å². The van der Waals surface area contributed by atoms with E-state index < -0.39 is 0 Å². The number of hydrogen-bond donors (Lipinski definition) is 0. The summed E-state index contributed by atoms with van der Waals surface area (Å²) in [6, 6.07) is 74.2. The van der Waals surface area contributed by atoms with Crippen LogP contribution in [0.2, 0.25) is 0 Å². The van der Waals surface area contributed by atoms with Crippen LogP contribution in [-0.4, -0.2) is 18.7 Å². The highest BCUT2D eigenvalue weighted by molar-refractivity contribution is 6.24. The highest BCUT2D eigenvalue weighted by Gasteiger charge is 2.22. The van der Waals surface area contributed by atoms with Gasteiger partial charge in [-0.1, -0.05) is 146 Å². The molecule has 4 aromatic heterocycles. The quantitative estimate of drug-likeness (QED) is 0.174. The third-order valence-electron chi connectivity index (χ3n) is 11.6. The molecule has 266 valence electrons. The monoisotopic (exact) mass is 726 g/mol. The van der Waals surface area contributed by atoms with Crippen molar-refractivity contribution in [3.63, 3.8) is 0 Å². The number of rotatable bonds is 5. The molecule has 4 nitrogen and oxygen atoms in total. The molecule has 0 saturated carbocycles. The zero-order chi connectivity index (χ0) is 37.5. The maximum atomic E-state index is 5.43. The van der Waals surface area contributed by atoms with Gasteiger partial charge in [0.2, 0.25) is 0 Å². The Morgan fingerprint density at radius 1 is 0.263 bits per heavy atom. The number of benzene rings is 8. The molecule has 0 radical (unpaired) electrons. The van der Waals surface area contributed by atoms with Crippen molar-refractivity contribution in [2.45, 2.75) is 0 Å². The summed E-state index contributed by atoms with van der Waals surface area (Å²) in [4.78, 5) is 5.43. The summed E-state index contributed by atoms with van der Waals surface area (Å²) in [6.07, 6.45) is 0. The van der Waals surface area contributed by atoms with Gasteiger partial charge in [0.15, 0.2) is 0 Å². The molecule has 0 spiro atoms. The van der Waals surface area contributed by atoms with Crippen molar-refractivity contribution in [3.05, 3.63) is 206 Å². The number of pyridine rings is 1. The summed E-state index contributed by atoms with van der Waals surface area (Å²) < 4.78 is 7.29. The summed E-state index contributed by atoms with van der Waals surface area (Å²) in [5.41, 5.74) is 14.3. The summed E-state index contributed by atoms with van der Waals surface area (Å²) in [5.74, 6) is 0. The number of aromatic nitrogens is 4. The summed E-state index contributed by atoms with van der Waals surface area (Å²) >= 11 is 0. The molecule has 0 atom stereocenters. The van der Waals surface area contributed by atoms with Gasteiger partial charge in [0.25, 0.3) is 0 Å². The Hall–Kier alpha value is -7.69. The van der Waals surface area contributed by atoms with Crippen molar-refractivity contribution in [1.82, 2.24) is 18.7 Å². The van der Waals surface area contributed by atoms with E-state index in [0.717, 1.165) is 45.1 Å². The average Bonchev–Trinajstić information content (AvgIpc) is 3.93. The average molecular weight is 727 g/mol. The molecule has 0 fully saturated rings. The zero-order valence-corrected chi connectivity index (χ0v) is 30.9. The molecule has 12 rings (SSSR count). The van der Waals surface area contributed by atoms with Crippen LogP contribution in [0.1, 0.15) is 0 Å². The molecule has 0 amide bonds. The number of nitrogens with zero attached hydrogens (tertiary/aromatic N) is 4. The topological polar surface area (TPSA) is 27.7 Å². The first kappa shape index (κ1) is 31.6. The predicted molar refractivity (Wildman–Crippen MR) is 238 cm³/mol. The van der Waals surface area contributed by atoms with Crippen molar-refractivity contribution < 1.29 is 0 Å². The minimum Gasteiger partial charge on any atom is -0.309 e. The molecule has 12 aromatic rings. The second-order valence-electron chi connectivity index (χ2n) is 14.8. The normalized spacial score (nSPS) is 11.9. The van der Waals surface area contributed by atoms with E-state index >= 15 is 0 Å². The minimum absolute atomic E-state index is 0.913. The highest BCUT2D eigenvalue weighted by Crippen LogP contribution is 2.43. The van der Waals surface area contributed by atoms with E-state index in [1.807, 2.05) is 0 Å². The van der Waals surface area contributed by atoms with Crippen molar-refractivity contribution in [3.8, 4) is 39.6 Å². The van der Waals surface area contributed by atoms with E-state index in [1.165, 1.54) is 59.9 Å². The van der Waals surface area contributed by atoms with Crippen LogP contribution in [0.4, 0.5) is 0 Å². The third-order valence-corrected chi connectivity index (χ3v) is 11.6. The van der Waals surface area contributed by atoms with Crippen LogP contribution in [0.3, 0.4) is 0 Å². The molecule has 0 aliphatic heterocycles. The predicted octanol–water partition coefficient (Wildman–Crippen LogP) is 13.7. The first-order valence-corrected chi connectivity index (χ1v) is 19.5. The third kappa shape index (κ3) is 4.77. The second-order valence-corrected chi connectivity index (χ2v) is 14.8. The number of fused-ring (bicyclic) bond motifs is 10. The van der Waals surface area contributed by atoms with Gasteiger partial charge >= 0.3 is 0 Å². The van der Waals surface area contributed by atoms with Gasteiger partial charge in [-0.25, -0.2) is 4.98 Å². The Morgan fingerprint density at radius 3 is 1.23 bits per heavy atom. The Bertz CT molecular complexity index is 3460. The standard InChI is InChI=1S/C53H34N4/c1-3-16-35(17-4-1)46-33-39(34-47(54-46)36-18-15-21-38(32-36)55-48-26-11-7-22-40(48)41-23-8-12-27-49(41)55)57-51-29-14-10-25-43(51)45-31-30-44-42-24-9-13-28-50(42)56(52(44)53(45)57)37-19-5-2-6-20-37/h1-34H.